The molecular formula is C23H22N2O5. The average molecular weight is 406 g/mol. The number of carbonyl (C=O) groups is 4. The van der Waals surface area contributed by atoms with Gasteiger partial charge in [-0.2, -0.15) is 0 Å². The van der Waals surface area contributed by atoms with Crippen LogP contribution in [0.4, 0.5) is 11.4 Å². The molecule has 0 bridgehead atoms. The van der Waals surface area contributed by atoms with Crippen molar-refractivity contribution in [1.82, 2.24) is 0 Å². The van der Waals surface area contributed by atoms with E-state index in [4.69, 9.17) is 5.11 Å². The maximum absolute atomic E-state index is 12.9. The molecule has 1 aliphatic heterocycles. The lowest BCUT2D eigenvalue weighted by Gasteiger charge is -2.25. The van der Waals surface area contributed by atoms with Gasteiger partial charge in [-0.1, -0.05) is 13.0 Å². The summed E-state index contributed by atoms with van der Waals surface area (Å²) in [7, 11) is 0. The van der Waals surface area contributed by atoms with Gasteiger partial charge in [-0.25, -0.2) is 4.79 Å². The minimum absolute atomic E-state index is 0.122. The third kappa shape index (κ3) is 3.58. The second-order valence-corrected chi connectivity index (χ2v) is 8.03. The molecule has 7 heteroatoms. The predicted octanol–water partition coefficient (Wildman–Crippen LogP) is 3.56. The van der Waals surface area contributed by atoms with Crippen molar-refractivity contribution in [2.45, 2.75) is 26.2 Å². The Morgan fingerprint density at radius 3 is 2.37 bits per heavy atom. The lowest BCUT2D eigenvalue weighted by Crippen LogP contribution is -2.31. The van der Waals surface area contributed by atoms with E-state index in [0.717, 1.165) is 19.3 Å². The number of carboxylic acid groups (broad SMARTS) is 1. The van der Waals surface area contributed by atoms with Crippen LogP contribution in [0.25, 0.3) is 0 Å². The van der Waals surface area contributed by atoms with Crippen LogP contribution in [0.15, 0.2) is 48.5 Å². The number of aromatic carboxylic acids is 1. The summed E-state index contributed by atoms with van der Waals surface area (Å²) in [6.45, 7) is 2.10. The number of rotatable bonds is 4. The van der Waals surface area contributed by atoms with E-state index in [-0.39, 0.29) is 29.2 Å². The molecule has 4 rings (SSSR count). The van der Waals surface area contributed by atoms with Gasteiger partial charge in [0.15, 0.2) is 0 Å². The van der Waals surface area contributed by atoms with E-state index in [9.17, 15) is 19.2 Å². The van der Waals surface area contributed by atoms with Crippen LogP contribution >= 0.6 is 0 Å². The number of carboxylic acids is 1. The summed E-state index contributed by atoms with van der Waals surface area (Å²) in [4.78, 5) is 50.6. The average Bonchev–Trinajstić information content (AvgIpc) is 2.98. The van der Waals surface area contributed by atoms with Crippen LogP contribution < -0.4 is 10.2 Å². The van der Waals surface area contributed by atoms with Crippen LogP contribution in [0.5, 0.6) is 0 Å². The van der Waals surface area contributed by atoms with Crippen LogP contribution in [0, 0.1) is 17.8 Å². The Balaban J connectivity index is 1.54. The fraction of sp³-hybridized carbons (Fsp3) is 0.304. The zero-order valence-corrected chi connectivity index (χ0v) is 16.5. The molecule has 2 fully saturated rings. The van der Waals surface area contributed by atoms with E-state index in [1.54, 1.807) is 18.2 Å². The van der Waals surface area contributed by atoms with Gasteiger partial charge in [0.2, 0.25) is 11.8 Å². The van der Waals surface area contributed by atoms with Gasteiger partial charge in [0.05, 0.1) is 23.1 Å². The molecule has 0 spiro atoms. The second kappa shape index (κ2) is 7.74. The number of fused-ring (bicyclic) bond motifs is 1. The van der Waals surface area contributed by atoms with Crippen LogP contribution in [0.1, 0.15) is 46.9 Å². The van der Waals surface area contributed by atoms with Crippen molar-refractivity contribution >= 4 is 35.1 Å². The van der Waals surface area contributed by atoms with Gasteiger partial charge < -0.3 is 10.4 Å². The van der Waals surface area contributed by atoms with Crippen LogP contribution in [0.3, 0.4) is 0 Å². The fourth-order valence-corrected chi connectivity index (χ4v) is 4.33. The van der Waals surface area contributed by atoms with E-state index in [1.165, 1.54) is 35.2 Å². The number of hydrogen-bond acceptors (Lipinski definition) is 4. The summed E-state index contributed by atoms with van der Waals surface area (Å²) < 4.78 is 0. The molecule has 0 radical (unpaired) electrons. The Bertz CT molecular complexity index is 1030. The number of nitrogens with one attached hydrogen (secondary N) is 1. The zero-order chi connectivity index (χ0) is 21.4. The van der Waals surface area contributed by atoms with Gasteiger partial charge in [0.25, 0.3) is 5.91 Å². The lowest BCUT2D eigenvalue weighted by molar-refractivity contribution is -0.122. The first-order chi connectivity index (χ1) is 14.3. The molecule has 1 saturated carbocycles. The van der Waals surface area contributed by atoms with E-state index in [0.29, 0.717) is 22.9 Å². The molecule has 3 atom stereocenters. The molecule has 3 amide bonds. The molecule has 1 aliphatic carbocycles. The largest absolute Gasteiger partial charge is 0.478 e. The van der Waals surface area contributed by atoms with Crippen molar-refractivity contribution in [3.63, 3.8) is 0 Å². The Labute approximate surface area is 173 Å². The minimum atomic E-state index is -1.05. The normalized spacial score (nSPS) is 23.2. The quantitative estimate of drug-likeness (QED) is 0.756. The van der Waals surface area contributed by atoms with E-state index < -0.39 is 11.9 Å². The molecule has 2 aromatic rings. The Morgan fingerprint density at radius 1 is 0.967 bits per heavy atom. The number of nitrogens with zero attached hydrogens (tertiary/aromatic N) is 1. The third-order valence-electron chi connectivity index (χ3n) is 5.94. The zero-order valence-electron chi connectivity index (χ0n) is 16.5. The van der Waals surface area contributed by atoms with Crippen molar-refractivity contribution in [3.05, 3.63) is 59.7 Å². The van der Waals surface area contributed by atoms with Crippen molar-refractivity contribution in [2.75, 3.05) is 10.2 Å². The second-order valence-electron chi connectivity index (χ2n) is 8.03. The number of carbonyl (C=O) groups excluding carboxylic acids is 3. The predicted molar refractivity (Wildman–Crippen MR) is 110 cm³/mol. The molecule has 1 heterocycles. The van der Waals surface area contributed by atoms with E-state index in [2.05, 4.69) is 12.2 Å². The van der Waals surface area contributed by atoms with E-state index in [1.807, 2.05) is 0 Å². The SMILES string of the molecule is CC1CCC2C(=O)N(c3cccc(C(=O)Nc4ccc(C(=O)O)cc4)c3)C(=O)C2C1. The van der Waals surface area contributed by atoms with Gasteiger partial charge in [0.1, 0.15) is 0 Å². The van der Waals surface area contributed by atoms with Gasteiger partial charge in [-0.15, -0.1) is 0 Å². The number of imide groups is 1. The number of hydrogen-bond donors (Lipinski definition) is 2. The fourth-order valence-electron chi connectivity index (χ4n) is 4.33. The summed E-state index contributed by atoms with van der Waals surface area (Å²) in [5.41, 5.74) is 1.28. The van der Waals surface area contributed by atoms with Crippen molar-refractivity contribution in [2.24, 2.45) is 17.8 Å². The molecule has 154 valence electrons. The highest BCUT2D eigenvalue weighted by atomic mass is 16.4. The Morgan fingerprint density at radius 2 is 1.67 bits per heavy atom. The third-order valence-corrected chi connectivity index (χ3v) is 5.94. The molecule has 7 nitrogen and oxygen atoms in total. The van der Waals surface area contributed by atoms with Crippen molar-refractivity contribution < 1.29 is 24.3 Å². The van der Waals surface area contributed by atoms with Gasteiger partial charge in [-0.05, 0) is 67.6 Å². The molecule has 3 unspecified atom stereocenters. The van der Waals surface area contributed by atoms with Crippen LogP contribution in [-0.4, -0.2) is 28.8 Å². The summed E-state index contributed by atoms with van der Waals surface area (Å²) >= 11 is 0. The first-order valence-corrected chi connectivity index (χ1v) is 9.97. The monoisotopic (exact) mass is 406 g/mol. The summed E-state index contributed by atoms with van der Waals surface area (Å²) in [6, 6.07) is 12.3. The minimum Gasteiger partial charge on any atom is -0.478 e. The van der Waals surface area contributed by atoms with E-state index >= 15 is 0 Å². The highest BCUT2D eigenvalue weighted by Gasteiger charge is 2.50. The Kier molecular flexibility index (Phi) is 5.11. The highest BCUT2D eigenvalue weighted by molar-refractivity contribution is 6.22. The van der Waals surface area contributed by atoms with Gasteiger partial charge >= 0.3 is 5.97 Å². The maximum Gasteiger partial charge on any atom is 0.335 e. The summed E-state index contributed by atoms with van der Waals surface area (Å²) in [5, 5.41) is 11.7. The molecule has 2 aliphatic rings. The highest BCUT2D eigenvalue weighted by Crippen LogP contribution is 2.42. The molecule has 30 heavy (non-hydrogen) atoms. The molecular weight excluding hydrogens is 384 g/mol. The summed E-state index contributed by atoms with van der Waals surface area (Å²) in [5.74, 6) is -1.93. The molecule has 0 aromatic heterocycles. The smallest absolute Gasteiger partial charge is 0.335 e. The molecule has 1 saturated heterocycles. The summed E-state index contributed by atoms with van der Waals surface area (Å²) in [6.07, 6.45) is 2.38. The first kappa shape index (κ1) is 19.8. The number of benzene rings is 2. The molecule has 2 aromatic carbocycles. The standard InChI is InChI=1S/C23H22N2O5/c1-13-5-10-18-19(11-13)22(28)25(21(18)27)17-4-2-3-15(12-17)20(26)24-16-8-6-14(7-9-16)23(29)30/h2-4,6-9,12-13,18-19H,5,10-11H2,1H3,(H,24,26)(H,29,30). The Hall–Kier alpha value is -3.48. The van der Waals surface area contributed by atoms with Gasteiger partial charge in [0, 0.05) is 11.3 Å². The number of amides is 3. The van der Waals surface area contributed by atoms with Crippen LogP contribution in [0.2, 0.25) is 0 Å². The van der Waals surface area contributed by atoms with Crippen molar-refractivity contribution in [1.29, 1.82) is 0 Å². The van der Waals surface area contributed by atoms with Gasteiger partial charge in [-0.3, -0.25) is 19.3 Å². The molecule has 2 N–H and O–H groups in total. The number of anilines is 2. The first-order valence-electron chi connectivity index (χ1n) is 9.97. The van der Waals surface area contributed by atoms with Crippen LogP contribution in [-0.2, 0) is 9.59 Å². The van der Waals surface area contributed by atoms with Crippen molar-refractivity contribution in [3.8, 4) is 0 Å². The topological polar surface area (TPSA) is 104 Å². The maximum atomic E-state index is 12.9. The lowest BCUT2D eigenvalue weighted by atomic mass is 9.76.